The Morgan fingerprint density at radius 3 is 2.74 bits per heavy atom. The van der Waals surface area contributed by atoms with Crippen molar-refractivity contribution in [2.45, 2.75) is 25.5 Å². The minimum absolute atomic E-state index is 0.0791. The van der Waals surface area contributed by atoms with Gasteiger partial charge in [-0.3, -0.25) is 9.63 Å². The van der Waals surface area contributed by atoms with E-state index >= 15 is 0 Å². The molecule has 0 saturated carbocycles. The number of anilines is 1. The summed E-state index contributed by atoms with van der Waals surface area (Å²) in [5.74, 6) is -0.286. The smallest absolute Gasteiger partial charge is 0.302 e. The number of carbonyl (C=O) groups is 1. The van der Waals surface area contributed by atoms with Gasteiger partial charge < -0.3 is 4.74 Å². The normalized spacial score (nSPS) is 20.5. The maximum atomic E-state index is 11.1. The van der Waals surface area contributed by atoms with E-state index in [1.807, 2.05) is 47.5 Å². The molecule has 0 radical (unpaired) electrons. The lowest BCUT2D eigenvalue weighted by atomic mass is 10.0. The number of para-hydroxylation sites is 1. The van der Waals surface area contributed by atoms with Crippen molar-refractivity contribution in [2.75, 3.05) is 11.7 Å². The van der Waals surface area contributed by atoms with Crippen LogP contribution in [0.2, 0.25) is 0 Å². The van der Waals surface area contributed by atoms with Gasteiger partial charge in [-0.2, -0.15) is 0 Å². The topological polar surface area (TPSA) is 38.8 Å². The molecule has 0 aromatic heterocycles. The van der Waals surface area contributed by atoms with Crippen LogP contribution < -0.4 is 5.06 Å². The summed E-state index contributed by atoms with van der Waals surface area (Å²) in [7, 11) is 0. The van der Waals surface area contributed by atoms with E-state index in [-0.39, 0.29) is 24.7 Å². The molecule has 0 aliphatic carbocycles. The first-order valence-corrected chi connectivity index (χ1v) is 8.32. The Morgan fingerprint density at radius 1 is 1.26 bits per heavy atom. The lowest BCUT2D eigenvalue weighted by Crippen LogP contribution is -2.23. The van der Waals surface area contributed by atoms with E-state index in [1.54, 1.807) is 0 Å². The van der Waals surface area contributed by atoms with Crippen LogP contribution in [-0.2, 0) is 14.4 Å². The zero-order valence-electron chi connectivity index (χ0n) is 12.8. The molecule has 2 aromatic carbocycles. The summed E-state index contributed by atoms with van der Waals surface area (Å²) in [5, 5.41) is 1.91. The van der Waals surface area contributed by atoms with Crippen molar-refractivity contribution in [3.63, 3.8) is 0 Å². The Kier molecular flexibility index (Phi) is 4.98. The molecule has 120 valence electrons. The Bertz CT molecular complexity index is 677. The zero-order valence-corrected chi connectivity index (χ0v) is 14.4. The van der Waals surface area contributed by atoms with Gasteiger partial charge in [-0.1, -0.05) is 46.3 Å². The fourth-order valence-corrected chi connectivity index (χ4v) is 3.15. The van der Waals surface area contributed by atoms with Crippen molar-refractivity contribution in [1.29, 1.82) is 0 Å². The number of hydrogen-bond donors (Lipinski definition) is 0. The molecule has 1 aliphatic heterocycles. The Morgan fingerprint density at radius 2 is 2.04 bits per heavy atom. The summed E-state index contributed by atoms with van der Waals surface area (Å²) in [6.45, 7) is 1.68. The Hall–Kier alpha value is -1.85. The van der Waals surface area contributed by atoms with E-state index < -0.39 is 0 Å². The van der Waals surface area contributed by atoms with Gasteiger partial charge in [0.25, 0.3) is 0 Å². The van der Waals surface area contributed by atoms with Gasteiger partial charge in [-0.25, -0.2) is 5.06 Å². The fourth-order valence-electron chi connectivity index (χ4n) is 2.73. The summed E-state index contributed by atoms with van der Waals surface area (Å²) in [6, 6.07) is 18.2. The number of hydroxylamine groups is 1. The number of hydrogen-bond acceptors (Lipinski definition) is 4. The Balaban J connectivity index is 1.85. The average Bonchev–Trinajstić information content (AvgIpc) is 2.98. The molecule has 5 heteroatoms. The van der Waals surface area contributed by atoms with Gasteiger partial charge in [-0.05, 0) is 29.8 Å². The lowest BCUT2D eigenvalue weighted by Gasteiger charge is -2.25. The molecule has 2 unspecified atom stereocenters. The molecule has 3 rings (SSSR count). The monoisotopic (exact) mass is 375 g/mol. The lowest BCUT2D eigenvalue weighted by molar-refractivity contribution is -0.144. The highest BCUT2D eigenvalue weighted by Crippen LogP contribution is 2.38. The number of carbonyl (C=O) groups excluding carboxylic acids is 1. The number of benzene rings is 2. The molecule has 4 nitrogen and oxygen atoms in total. The van der Waals surface area contributed by atoms with Crippen molar-refractivity contribution < 1.29 is 14.4 Å². The van der Waals surface area contributed by atoms with Crippen LogP contribution in [0.15, 0.2) is 59.1 Å². The number of esters is 1. The van der Waals surface area contributed by atoms with E-state index in [9.17, 15) is 4.79 Å². The number of rotatable bonds is 4. The SMILES string of the molecule is CC(=O)OCC1CC(c2cccc(Br)c2)N(c2ccccc2)O1. The third kappa shape index (κ3) is 3.92. The summed E-state index contributed by atoms with van der Waals surface area (Å²) in [6.07, 6.45) is 0.613. The van der Waals surface area contributed by atoms with Crippen LogP contribution in [0, 0.1) is 0 Å². The van der Waals surface area contributed by atoms with Gasteiger partial charge in [0.1, 0.15) is 12.7 Å². The van der Waals surface area contributed by atoms with Crippen molar-refractivity contribution in [3.05, 3.63) is 64.6 Å². The fraction of sp³-hybridized carbons (Fsp3) is 0.278. The van der Waals surface area contributed by atoms with Gasteiger partial charge in [0, 0.05) is 17.8 Å². The molecular formula is C18H18BrNO3. The Labute approximate surface area is 144 Å². The van der Waals surface area contributed by atoms with Gasteiger partial charge in [0.15, 0.2) is 0 Å². The predicted octanol–water partition coefficient (Wildman–Crippen LogP) is 4.26. The predicted molar refractivity (Wildman–Crippen MR) is 91.9 cm³/mol. The minimum atomic E-state index is -0.286. The average molecular weight is 376 g/mol. The van der Waals surface area contributed by atoms with Crippen LogP contribution in [0.1, 0.15) is 24.9 Å². The molecule has 23 heavy (non-hydrogen) atoms. The van der Waals surface area contributed by atoms with E-state index in [0.717, 1.165) is 22.1 Å². The second-order valence-corrected chi connectivity index (χ2v) is 6.41. The third-order valence-electron chi connectivity index (χ3n) is 3.75. The number of nitrogens with zero attached hydrogens (tertiary/aromatic N) is 1. The van der Waals surface area contributed by atoms with Crippen molar-refractivity contribution in [1.82, 2.24) is 0 Å². The largest absolute Gasteiger partial charge is 0.463 e. The van der Waals surface area contributed by atoms with E-state index in [1.165, 1.54) is 6.92 Å². The van der Waals surface area contributed by atoms with Gasteiger partial charge in [0.2, 0.25) is 0 Å². The molecule has 2 aromatic rings. The standard InChI is InChI=1S/C18H18BrNO3/c1-13(21)22-12-17-11-18(14-6-5-7-15(19)10-14)20(23-17)16-8-3-2-4-9-16/h2-10,17-18H,11-12H2,1H3. The molecule has 0 amide bonds. The van der Waals surface area contributed by atoms with Crippen LogP contribution in [-0.4, -0.2) is 18.7 Å². The molecule has 1 aliphatic rings. The second-order valence-electron chi connectivity index (χ2n) is 5.50. The first-order chi connectivity index (χ1) is 11.1. The number of halogens is 1. The molecule has 0 N–H and O–H groups in total. The molecule has 1 saturated heterocycles. The van der Waals surface area contributed by atoms with E-state index in [2.05, 4.69) is 28.1 Å². The van der Waals surface area contributed by atoms with E-state index in [4.69, 9.17) is 9.57 Å². The first-order valence-electron chi connectivity index (χ1n) is 7.53. The molecular weight excluding hydrogens is 358 g/mol. The molecule has 2 atom stereocenters. The summed E-state index contributed by atoms with van der Waals surface area (Å²) >= 11 is 3.52. The van der Waals surface area contributed by atoms with Crippen molar-refractivity contribution in [2.24, 2.45) is 0 Å². The van der Waals surface area contributed by atoms with Crippen LogP contribution in [0.4, 0.5) is 5.69 Å². The van der Waals surface area contributed by atoms with E-state index in [0.29, 0.717) is 0 Å². The van der Waals surface area contributed by atoms with Gasteiger partial charge >= 0.3 is 5.97 Å². The molecule has 1 fully saturated rings. The van der Waals surface area contributed by atoms with Crippen LogP contribution in [0.25, 0.3) is 0 Å². The molecule has 1 heterocycles. The maximum Gasteiger partial charge on any atom is 0.302 e. The summed E-state index contributed by atoms with van der Waals surface area (Å²) in [5.41, 5.74) is 2.15. The maximum absolute atomic E-state index is 11.1. The van der Waals surface area contributed by atoms with Gasteiger partial charge in [-0.15, -0.1) is 0 Å². The van der Waals surface area contributed by atoms with Crippen molar-refractivity contribution >= 4 is 27.6 Å². The van der Waals surface area contributed by atoms with Crippen LogP contribution >= 0.6 is 15.9 Å². The number of ether oxygens (including phenoxy) is 1. The van der Waals surface area contributed by atoms with Crippen molar-refractivity contribution in [3.8, 4) is 0 Å². The highest BCUT2D eigenvalue weighted by Gasteiger charge is 2.35. The second kappa shape index (κ2) is 7.15. The van der Waals surface area contributed by atoms with Crippen LogP contribution in [0.5, 0.6) is 0 Å². The highest BCUT2D eigenvalue weighted by atomic mass is 79.9. The summed E-state index contributed by atoms with van der Waals surface area (Å²) in [4.78, 5) is 17.1. The minimum Gasteiger partial charge on any atom is -0.463 e. The molecule has 0 spiro atoms. The van der Waals surface area contributed by atoms with Gasteiger partial charge in [0.05, 0.1) is 11.7 Å². The van der Waals surface area contributed by atoms with Crippen LogP contribution in [0.3, 0.4) is 0 Å². The third-order valence-corrected chi connectivity index (χ3v) is 4.24. The summed E-state index contributed by atoms with van der Waals surface area (Å²) < 4.78 is 6.15. The quantitative estimate of drug-likeness (QED) is 0.748. The zero-order chi connectivity index (χ0) is 16.2. The first kappa shape index (κ1) is 16.0. The highest BCUT2D eigenvalue weighted by molar-refractivity contribution is 9.10. The molecule has 0 bridgehead atoms.